The van der Waals surface area contributed by atoms with Crippen LogP contribution in [0.3, 0.4) is 0 Å². The fourth-order valence-electron chi connectivity index (χ4n) is 2.71. The van der Waals surface area contributed by atoms with E-state index in [2.05, 4.69) is 23.3 Å². The van der Waals surface area contributed by atoms with Gasteiger partial charge in [0.25, 0.3) is 0 Å². The number of benzene rings is 1. The van der Waals surface area contributed by atoms with Gasteiger partial charge in [0.2, 0.25) is 0 Å². The molecule has 1 saturated heterocycles. The molecule has 4 heteroatoms. The van der Waals surface area contributed by atoms with E-state index in [-0.39, 0.29) is 6.09 Å². The number of nitrogens with one attached hydrogen (secondary N) is 1. The molecule has 0 bridgehead atoms. The number of rotatable bonds is 0. The minimum absolute atomic E-state index is 0.326. The van der Waals surface area contributed by atoms with Gasteiger partial charge >= 0.3 is 6.09 Å². The predicted octanol–water partition coefficient (Wildman–Crippen LogP) is 3.20. The number of hydrogen-bond acceptors (Lipinski definition) is 3. The van der Waals surface area contributed by atoms with Gasteiger partial charge in [0.15, 0.2) is 0 Å². The third-order valence-electron chi connectivity index (χ3n) is 3.74. The van der Waals surface area contributed by atoms with Crippen LogP contribution in [0.2, 0.25) is 0 Å². The summed E-state index contributed by atoms with van der Waals surface area (Å²) in [6.45, 7) is 5.92. The number of likely N-dealkylation sites (tertiary alicyclic amines) is 1. The lowest BCUT2D eigenvalue weighted by molar-refractivity contribution is -0.0333. The summed E-state index contributed by atoms with van der Waals surface area (Å²) in [6.07, 6.45) is 1.41. The second-order valence-corrected chi connectivity index (χ2v) is 4.86. The van der Waals surface area contributed by atoms with E-state index in [0.29, 0.717) is 0 Å². The number of anilines is 1. The van der Waals surface area contributed by atoms with Crippen molar-refractivity contribution in [1.29, 1.82) is 0 Å². The average molecular weight is 262 g/mol. The van der Waals surface area contributed by atoms with Crippen LogP contribution in [-0.2, 0) is 10.3 Å². The molecule has 0 unspecified atom stereocenters. The van der Waals surface area contributed by atoms with Crippen LogP contribution < -0.4 is 5.32 Å². The molecule has 4 nitrogen and oxygen atoms in total. The van der Waals surface area contributed by atoms with Crippen LogP contribution in [0.15, 0.2) is 24.3 Å². The van der Waals surface area contributed by atoms with Crippen molar-refractivity contribution in [3.8, 4) is 0 Å². The molecule has 2 heterocycles. The molecule has 2 aliphatic heterocycles. The van der Waals surface area contributed by atoms with Crippen molar-refractivity contribution in [3.63, 3.8) is 0 Å². The van der Waals surface area contributed by atoms with Gasteiger partial charge < -0.3 is 9.64 Å². The second-order valence-electron chi connectivity index (χ2n) is 4.86. The number of para-hydroxylation sites is 1. The summed E-state index contributed by atoms with van der Waals surface area (Å²) >= 11 is 0. The Morgan fingerprint density at radius 1 is 1.21 bits per heavy atom. The number of carbonyl (C=O) groups excluding carboxylic acids is 1. The van der Waals surface area contributed by atoms with Crippen LogP contribution in [0.5, 0.6) is 0 Å². The van der Waals surface area contributed by atoms with Crippen LogP contribution in [0, 0.1) is 0 Å². The molecule has 0 aliphatic carbocycles. The van der Waals surface area contributed by atoms with Crippen LogP contribution >= 0.6 is 0 Å². The lowest BCUT2D eigenvalue weighted by Crippen LogP contribution is -2.47. The summed E-state index contributed by atoms with van der Waals surface area (Å²) in [5.74, 6) is 0. The molecular weight excluding hydrogens is 240 g/mol. The largest absolute Gasteiger partial charge is 0.438 e. The molecule has 104 valence electrons. The Bertz CT molecular complexity index is 451. The maximum Gasteiger partial charge on any atom is 0.412 e. The van der Waals surface area contributed by atoms with Gasteiger partial charge in [0.1, 0.15) is 5.60 Å². The summed E-state index contributed by atoms with van der Waals surface area (Å²) in [5.41, 5.74) is 1.60. The van der Waals surface area contributed by atoms with Crippen LogP contribution in [-0.4, -0.2) is 31.1 Å². The normalized spacial score (nSPS) is 20.7. The van der Waals surface area contributed by atoms with Crippen molar-refractivity contribution in [3.05, 3.63) is 29.8 Å². The zero-order chi connectivity index (χ0) is 13.9. The lowest BCUT2D eigenvalue weighted by Gasteiger charge is -2.43. The Balaban J connectivity index is 0.000000637. The summed E-state index contributed by atoms with van der Waals surface area (Å²) < 4.78 is 5.61. The Labute approximate surface area is 114 Å². The van der Waals surface area contributed by atoms with Crippen molar-refractivity contribution in [2.75, 3.05) is 25.5 Å². The molecule has 19 heavy (non-hydrogen) atoms. The number of ether oxygens (including phenoxy) is 1. The van der Waals surface area contributed by atoms with Crippen molar-refractivity contribution in [1.82, 2.24) is 4.90 Å². The van der Waals surface area contributed by atoms with Crippen LogP contribution in [0.4, 0.5) is 10.5 Å². The van der Waals surface area contributed by atoms with Gasteiger partial charge in [-0.3, -0.25) is 5.32 Å². The highest BCUT2D eigenvalue weighted by molar-refractivity contribution is 5.88. The van der Waals surface area contributed by atoms with Crippen molar-refractivity contribution in [2.24, 2.45) is 0 Å². The van der Waals surface area contributed by atoms with Crippen molar-refractivity contribution in [2.45, 2.75) is 32.3 Å². The Hall–Kier alpha value is -1.55. The Morgan fingerprint density at radius 2 is 1.84 bits per heavy atom. The molecule has 1 aromatic rings. The number of nitrogens with zero attached hydrogens (tertiary/aromatic N) is 1. The standard InChI is InChI=1S/C13H16N2O2.C2H6/c1-15-8-6-13(7-9-15)10-4-2-3-5-11(10)14-12(16)17-13;1-2/h2-5H,6-9H2,1H3,(H,14,16);1-2H3. The summed E-state index contributed by atoms with van der Waals surface area (Å²) in [5, 5.41) is 2.77. The van der Waals surface area contributed by atoms with Crippen molar-refractivity contribution >= 4 is 11.8 Å². The van der Waals surface area contributed by atoms with E-state index in [1.807, 2.05) is 32.0 Å². The minimum atomic E-state index is -0.411. The van der Waals surface area contributed by atoms with Gasteiger partial charge in [0, 0.05) is 31.5 Å². The predicted molar refractivity (Wildman–Crippen MR) is 76.3 cm³/mol. The first kappa shape index (κ1) is 13.9. The number of carbonyl (C=O) groups is 1. The smallest absolute Gasteiger partial charge is 0.412 e. The highest BCUT2D eigenvalue weighted by Gasteiger charge is 2.43. The molecule has 1 aromatic carbocycles. The first-order valence-corrected chi connectivity index (χ1v) is 6.98. The molecule has 2 aliphatic rings. The van der Waals surface area contributed by atoms with E-state index >= 15 is 0 Å². The van der Waals surface area contributed by atoms with Gasteiger partial charge in [0.05, 0.1) is 5.69 Å². The fraction of sp³-hybridized carbons (Fsp3) is 0.533. The number of amides is 1. The molecule has 0 atom stereocenters. The summed E-state index contributed by atoms with van der Waals surface area (Å²) in [4.78, 5) is 13.9. The minimum Gasteiger partial charge on any atom is -0.438 e. The number of fused-ring (bicyclic) bond motifs is 2. The molecule has 1 fully saturated rings. The third kappa shape index (κ3) is 2.59. The second kappa shape index (κ2) is 5.61. The molecule has 3 rings (SSSR count). The van der Waals surface area contributed by atoms with E-state index in [4.69, 9.17) is 4.74 Å². The monoisotopic (exact) mass is 262 g/mol. The molecule has 0 aromatic heterocycles. The lowest BCUT2D eigenvalue weighted by atomic mass is 9.82. The molecule has 0 radical (unpaired) electrons. The molecule has 0 saturated carbocycles. The average Bonchev–Trinajstić information content (AvgIpc) is 2.44. The Morgan fingerprint density at radius 3 is 2.53 bits per heavy atom. The van der Waals surface area contributed by atoms with Gasteiger partial charge in [-0.25, -0.2) is 4.79 Å². The zero-order valence-corrected chi connectivity index (χ0v) is 11.9. The highest BCUT2D eigenvalue weighted by Crippen LogP contribution is 2.42. The van der Waals surface area contributed by atoms with E-state index in [0.717, 1.165) is 37.2 Å². The topological polar surface area (TPSA) is 41.6 Å². The maximum absolute atomic E-state index is 11.6. The Kier molecular flexibility index (Phi) is 4.10. The van der Waals surface area contributed by atoms with E-state index < -0.39 is 5.60 Å². The summed E-state index contributed by atoms with van der Waals surface area (Å²) in [7, 11) is 2.10. The molecule has 1 amide bonds. The van der Waals surface area contributed by atoms with Crippen LogP contribution in [0.25, 0.3) is 0 Å². The van der Waals surface area contributed by atoms with Gasteiger partial charge in [-0.05, 0) is 13.1 Å². The number of hydrogen-bond donors (Lipinski definition) is 1. The molecular formula is C15H22N2O2. The first-order valence-electron chi connectivity index (χ1n) is 6.98. The van der Waals surface area contributed by atoms with Crippen molar-refractivity contribution < 1.29 is 9.53 Å². The summed E-state index contributed by atoms with van der Waals surface area (Å²) in [6, 6.07) is 7.93. The van der Waals surface area contributed by atoms with E-state index in [1.165, 1.54) is 0 Å². The van der Waals surface area contributed by atoms with Gasteiger partial charge in [-0.15, -0.1) is 0 Å². The number of piperidine rings is 1. The zero-order valence-electron chi connectivity index (χ0n) is 11.9. The SMILES string of the molecule is CC.CN1CCC2(CC1)OC(=O)Nc1ccccc12. The van der Waals surface area contributed by atoms with Crippen LogP contribution in [0.1, 0.15) is 32.3 Å². The van der Waals surface area contributed by atoms with Gasteiger partial charge in [-0.1, -0.05) is 32.0 Å². The first-order chi connectivity index (χ1) is 9.20. The quantitative estimate of drug-likeness (QED) is 0.780. The third-order valence-corrected chi connectivity index (χ3v) is 3.74. The highest BCUT2D eigenvalue weighted by atomic mass is 16.6. The van der Waals surface area contributed by atoms with E-state index in [1.54, 1.807) is 0 Å². The molecule has 1 N–H and O–H groups in total. The van der Waals surface area contributed by atoms with Gasteiger partial charge in [-0.2, -0.15) is 0 Å². The van der Waals surface area contributed by atoms with E-state index in [9.17, 15) is 4.79 Å². The molecule has 1 spiro atoms. The maximum atomic E-state index is 11.6. The fourth-order valence-corrected chi connectivity index (χ4v) is 2.71.